The van der Waals surface area contributed by atoms with E-state index in [1.165, 1.54) is 11.2 Å². The molecule has 6 heteroatoms. The van der Waals surface area contributed by atoms with Crippen LogP contribution in [0.5, 0.6) is 11.5 Å². The van der Waals surface area contributed by atoms with Crippen molar-refractivity contribution in [3.8, 4) is 22.6 Å². The zero-order valence-corrected chi connectivity index (χ0v) is 15.2. The third kappa shape index (κ3) is 3.41. The maximum atomic E-state index is 13.0. The molecule has 0 unspecified atom stereocenters. The van der Waals surface area contributed by atoms with Gasteiger partial charge in [-0.05, 0) is 29.8 Å². The summed E-state index contributed by atoms with van der Waals surface area (Å²) in [5.41, 5.74) is 2.26. The molecule has 0 spiro atoms. The van der Waals surface area contributed by atoms with Gasteiger partial charge in [-0.2, -0.15) is 0 Å². The SMILES string of the molecule is COc1ccc(-c2coc3c(C[NH+]4CCOCC4)c(O)ccc3c2=O)cc1. The summed E-state index contributed by atoms with van der Waals surface area (Å²) in [7, 11) is 1.60. The predicted molar refractivity (Wildman–Crippen MR) is 101 cm³/mol. The van der Waals surface area contributed by atoms with Crippen LogP contribution >= 0.6 is 0 Å². The van der Waals surface area contributed by atoms with Gasteiger partial charge in [0.15, 0.2) is 0 Å². The van der Waals surface area contributed by atoms with E-state index in [4.69, 9.17) is 13.9 Å². The van der Waals surface area contributed by atoms with Crippen molar-refractivity contribution in [2.24, 2.45) is 0 Å². The predicted octanol–water partition coefficient (Wildman–Crippen LogP) is 1.59. The molecule has 0 atom stereocenters. The largest absolute Gasteiger partial charge is 0.507 e. The molecule has 1 fully saturated rings. The third-order valence-corrected chi connectivity index (χ3v) is 5.05. The number of rotatable bonds is 4. The number of nitrogens with one attached hydrogen (secondary N) is 1. The van der Waals surface area contributed by atoms with Gasteiger partial charge in [0, 0.05) is 0 Å². The highest BCUT2D eigenvalue weighted by Gasteiger charge is 2.21. The van der Waals surface area contributed by atoms with Crippen molar-refractivity contribution in [3.63, 3.8) is 0 Å². The van der Waals surface area contributed by atoms with E-state index in [-0.39, 0.29) is 11.2 Å². The molecule has 1 aromatic heterocycles. The maximum absolute atomic E-state index is 13.0. The Balaban J connectivity index is 1.76. The topological polar surface area (TPSA) is 73.3 Å². The van der Waals surface area contributed by atoms with E-state index >= 15 is 0 Å². The number of phenols is 1. The van der Waals surface area contributed by atoms with Crippen LogP contribution in [0.15, 0.2) is 51.9 Å². The summed E-state index contributed by atoms with van der Waals surface area (Å²) < 4.78 is 16.4. The first kappa shape index (κ1) is 17.6. The number of morpholine rings is 1. The Morgan fingerprint density at radius 3 is 2.56 bits per heavy atom. The first-order valence-corrected chi connectivity index (χ1v) is 8.99. The summed E-state index contributed by atoms with van der Waals surface area (Å²) in [6, 6.07) is 10.5. The molecule has 0 saturated carbocycles. The molecular formula is C21H22NO5+. The monoisotopic (exact) mass is 368 g/mol. The van der Waals surface area contributed by atoms with Gasteiger partial charge in [-0.15, -0.1) is 0 Å². The molecule has 1 saturated heterocycles. The Morgan fingerprint density at radius 1 is 1.11 bits per heavy atom. The Morgan fingerprint density at radius 2 is 1.85 bits per heavy atom. The van der Waals surface area contributed by atoms with Gasteiger partial charge in [-0.1, -0.05) is 12.1 Å². The van der Waals surface area contributed by atoms with Crippen molar-refractivity contribution in [1.29, 1.82) is 0 Å². The van der Waals surface area contributed by atoms with Crippen LogP contribution in [0, 0.1) is 0 Å². The lowest BCUT2D eigenvalue weighted by molar-refractivity contribution is -0.921. The van der Waals surface area contributed by atoms with Gasteiger partial charge in [0.2, 0.25) is 5.43 Å². The summed E-state index contributed by atoms with van der Waals surface area (Å²) in [5.74, 6) is 0.881. The molecule has 1 aliphatic rings. The lowest BCUT2D eigenvalue weighted by atomic mass is 10.0. The van der Waals surface area contributed by atoms with E-state index < -0.39 is 0 Å². The van der Waals surface area contributed by atoms with E-state index in [0.717, 1.165) is 24.4 Å². The average Bonchev–Trinajstić information content (AvgIpc) is 2.71. The van der Waals surface area contributed by atoms with Crippen molar-refractivity contribution < 1.29 is 23.9 Å². The van der Waals surface area contributed by atoms with Gasteiger partial charge in [-0.25, -0.2) is 0 Å². The van der Waals surface area contributed by atoms with Gasteiger partial charge in [0.25, 0.3) is 0 Å². The van der Waals surface area contributed by atoms with Crippen LogP contribution < -0.4 is 15.1 Å². The fraction of sp³-hybridized carbons (Fsp3) is 0.286. The quantitative estimate of drug-likeness (QED) is 0.732. The fourth-order valence-corrected chi connectivity index (χ4v) is 3.47. The molecule has 0 bridgehead atoms. The van der Waals surface area contributed by atoms with E-state index in [1.807, 2.05) is 24.3 Å². The van der Waals surface area contributed by atoms with Crippen LogP contribution in [-0.4, -0.2) is 38.5 Å². The number of methoxy groups -OCH3 is 1. The zero-order valence-electron chi connectivity index (χ0n) is 15.2. The summed E-state index contributed by atoms with van der Waals surface area (Å²) >= 11 is 0. The van der Waals surface area contributed by atoms with Crippen LogP contribution in [0.25, 0.3) is 22.1 Å². The summed E-state index contributed by atoms with van der Waals surface area (Å²) in [6.45, 7) is 3.73. The first-order valence-electron chi connectivity index (χ1n) is 8.99. The van der Waals surface area contributed by atoms with Crippen LogP contribution in [0.1, 0.15) is 5.56 Å². The van der Waals surface area contributed by atoms with E-state index in [9.17, 15) is 9.90 Å². The number of benzene rings is 2. The highest BCUT2D eigenvalue weighted by molar-refractivity contribution is 5.85. The van der Waals surface area contributed by atoms with Crippen LogP contribution in [0.4, 0.5) is 0 Å². The number of phenolic OH excluding ortho intramolecular Hbond substituents is 1. The van der Waals surface area contributed by atoms with Gasteiger partial charge < -0.3 is 23.9 Å². The Kier molecular flexibility index (Phi) is 4.83. The van der Waals surface area contributed by atoms with Crippen molar-refractivity contribution in [3.05, 3.63) is 58.4 Å². The third-order valence-electron chi connectivity index (χ3n) is 5.05. The number of hydrogen-bond acceptors (Lipinski definition) is 5. The zero-order chi connectivity index (χ0) is 18.8. The number of quaternary nitrogens is 1. The van der Waals surface area contributed by atoms with E-state index in [1.54, 1.807) is 19.2 Å². The Bertz CT molecular complexity index is 1000. The van der Waals surface area contributed by atoms with Gasteiger partial charge in [-0.3, -0.25) is 4.79 Å². The number of hydrogen-bond donors (Lipinski definition) is 2. The second-order valence-corrected chi connectivity index (χ2v) is 6.69. The van der Waals surface area contributed by atoms with Crippen LogP contribution in [-0.2, 0) is 11.3 Å². The molecule has 0 amide bonds. The standard InChI is InChI=1S/C21H21NO5/c1-25-15-4-2-14(3-5-15)18-13-27-21-16(20(18)24)6-7-19(23)17(21)12-22-8-10-26-11-9-22/h2-7,13,23H,8-12H2,1H3/p+1. The number of aromatic hydroxyl groups is 1. The lowest BCUT2D eigenvalue weighted by Gasteiger charge is -2.24. The van der Waals surface area contributed by atoms with Gasteiger partial charge in [0.1, 0.15) is 43.0 Å². The molecule has 6 nitrogen and oxygen atoms in total. The summed E-state index contributed by atoms with van der Waals surface area (Å²) in [6.07, 6.45) is 1.48. The molecule has 27 heavy (non-hydrogen) atoms. The molecule has 3 aromatic rings. The number of fused-ring (bicyclic) bond motifs is 1. The molecule has 0 aliphatic carbocycles. The minimum Gasteiger partial charge on any atom is -0.507 e. The van der Waals surface area contributed by atoms with Crippen molar-refractivity contribution in [2.75, 3.05) is 33.4 Å². The molecule has 4 rings (SSSR count). The van der Waals surface area contributed by atoms with Gasteiger partial charge in [0.05, 0.1) is 36.8 Å². The molecule has 0 radical (unpaired) electrons. The molecular weight excluding hydrogens is 346 g/mol. The second kappa shape index (κ2) is 7.42. The van der Waals surface area contributed by atoms with Crippen molar-refractivity contribution in [1.82, 2.24) is 0 Å². The Hall–Kier alpha value is -2.83. The minimum absolute atomic E-state index is 0.111. The van der Waals surface area contributed by atoms with Gasteiger partial charge >= 0.3 is 0 Å². The lowest BCUT2D eigenvalue weighted by Crippen LogP contribution is -3.12. The van der Waals surface area contributed by atoms with E-state index in [2.05, 4.69) is 0 Å². The molecule has 140 valence electrons. The Labute approximate surface area is 156 Å². The highest BCUT2D eigenvalue weighted by atomic mass is 16.5. The van der Waals surface area contributed by atoms with E-state index in [0.29, 0.717) is 41.9 Å². The first-order chi connectivity index (χ1) is 13.2. The number of ether oxygens (including phenoxy) is 2. The average molecular weight is 368 g/mol. The van der Waals surface area contributed by atoms with Crippen molar-refractivity contribution in [2.45, 2.75) is 6.54 Å². The molecule has 1 aliphatic heterocycles. The summed E-state index contributed by atoms with van der Waals surface area (Å²) in [4.78, 5) is 14.3. The second-order valence-electron chi connectivity index (χ2n) is 6.69. The molecule has 2 aromatic carbocycles. The molecule has 2 N–H and O–H groups in total. The van der Waals surface area contributed by atoms with Crippen molar-refractivity contribution >= 4 is 11.0 Å². The fourth-order valence-electron chi connectivity index (χ4n) is 3.47. The highest BCUT2D eigenvalue weighted by Crippen LogP contribution is 2.28. The minimum atomic E-state index is -0.111. The van der Waals surface area contributed by atoms with Crippen LogP contribution in [0.3, 0.4) is 0 Å². The molecule has 2 heterocycles. The maximum Gasteiger partial charge on any atom is 0.200 e. The normalized spacial score (nSPS) is 15.1. The summed E-state index contributed by atoms with van der Waals surface area (Å²) in [5, 5.41) is 10.8. The van der Waals surface area contributed by atoms with Crippen LogP contribution in [0.2, 0.25) is 0 Å². The smallest absolute Gasteiger partial charge is 0.200 e.